The summed E-state index contributed by atoms with van der Waals surface area (Å²) in [6.45, 7) is 1.52. The normalized spacial score (nSPS) is 15.0. The fraction of sp³-hybridized carbons (Fsp3) is 0.217. The third-order valence-corrected chi connectivity index (χ3v) is 6.29. The first-order valence-corrected chi connectivity index (χ1v) is 10.7. The SMILES string of the molecule is O=C(Nc1ccccc1-c1cccs1)C1CCN(c2nc3ccccc3o2)CC1. The molecule has 5 nitrogen and oxygen atoms in total. The minimum Gasteiger partial charge on any atom is -0.423 e. The molecule has 4 aromatic rings. The fourth-order valence-electron chi connectivity index (χ4n) is 3.80. The molecule has 3 heterocycles. The molecule has 1 N–H and O–H groups in total. The van der Waals surface area contributed by atoms with Crippen molar-refractivity contribution in [1.29, 1.82) is 0 Å². The topological polar surface area (TPSA) is 58.4 Å². The number of piperidine rings is 1. The van der Waals surface area contributed by atoms with Crippen LogP contribution in [0.25, 0.3) is 21.5 Å². The molecule has 5 rings (SSSR count). The first kappa shape index (κ1) is 17.9. The third kappa shape index (κ3) is 3.63. The lowest BCUT2D eigenvalue weighted by molar-refractivity contribution is -0.120. The van der Waals surface area contributed by atoms with E-state index in [0.29, 0.717) is 6.01 Å². The Kier molecular flexibility index (Phi) is 4.77. The first-order valence-electron chi connectivity index (χ1n) is 9.82. The largest absolute Gasteiger partial charge is 0.423 e. The number of oxazole rings is 1. The number of carbonyl (C=O) groups excluding carboxylic acids is 1. The van der Waals surface area contributed by atoms with Gasteiger partial charge in [-0.25, -0.2) is 0 Å². The maximum Gasteiger partial charge on any atom is 0.298 e. The first-order chi connectivity index (χ1) is 14.3. The molecule has 0 saturated carbocycles. The van der Waals surface area contributed by atoms with Crippen LogP contribution in [0.1, 0.15) is 12.8 Å². The lowest BCUT2D eigenvalue weighted by Crippen LogP contribution is -2.38. The molecule has 6 heteroatoms. The highest BCUT2D eigenvalue weighted by molar-refractivity contribution is 7.13. The Morgan fingerprint density at radius 1 is 1.03 bits per heavy atom. The summed E-state index contributed by atoms with van der Waals surface area (Å²) in [7, 11) is 0. The molecule has 0 atom stereocenters. The van der Waals surface area contributed by atoms with E-state index in [1.807, 2.05) is 48.5 Å². The van der Waals surface area contributed by atoms with Crippen LogP contribution in [0, 0.1) is 5.92 Å². The molecule has 0 radical (unpaired) electrons. The average Bonchev–Trinajstić information content (AvgIpc) is 3.44. The van der Waals surface area contributed by atoms with Gasteiger partial charge in [0.15, 0.2) is 5.58 Å². The number of para-hydroxylation sites is 3. The summed E-state index contributed by atoms with van der Waals surface area (Å²) in [5, 5.41) is 5.21. The van der Waals surface area contributed by atoms with Crippen molar-refractivity contribution in [2.24, 2.45) is 5.92 Å². The Morgan fingerprint density at radius 3 is 2.62 bits per heavy atom. The van der Waals surface area contributed by atoms with Gasteiger partial charge in [-0.05, 0) is 42.5 Å². The molecule has 1 aliphatic heterocycles. The summed E-state index contributed by atoms with van der Waals surface area (Å²) in [6.07, 6.45) is 1.57. The van der Waals surface area contributed by atoms with Gasteiger partial charge in [0.1, 0.15) is 5.52 Å². The predicted octanol–water partition coefficient (Wildman–Crippen LogP) is 5.41. The number of hydrogen-bond donors (Lipinski definition) is 1. The molecule has 1 fully saturated rings. The number of benzene rings is 2. The van der Waals surface area contributed by atoms with E-state index in [9.17, 15) is 4.79 Å². The molecule has 0 aliphatic carbocycles. The molecule has 2 aromatic carbocycles. The van der Waals surface area contributed by atoms with Crippen molar-refractivity contribution in [3.63, 3.8) is 0 Å². The highest BCUT2D eigenvalue weighted by atomic mass is 32.1. The number of thiophene rings is 1. The molecule has 1 amide bonds. The second-order valence-electron chi connectivity index (χ2n) is 7.24. The highest BCUT2D eigenvalue weighted by Gasteiger charge is 2.27. The minimum absolute atomic E-state index is 0.00739. The predicted molar refractivity (Wildman–Crippen MR) is 117 cm³/mol. The zero-order valence-electron chi connectivity index (χ0n) is 15.9. The Hall–Kier alpha value is -3.12. The average molecular weight is 404 g/mol. The summed E-state index contributed by atoms with van der Waals surface area (Å²) in [5.41, 5.74) is 3.61. The molecule has 0 bridgehead atoms. The van der Waals surface area contributed by atoms with E-state index >= 15 is 0 Å². The van der Waals surface area contributed by atoms with Crippen LogP contribution in [-0.2, 0) is 4.79 Å². The Balaban J connectivity index is 1.25. The van der Waals surface area contributed by atoms with Crippen LogP contribution in [0.15, 0.2) is 70.5 Å². The second-order valence-corrected chi connectivity index (χ2v) is 8.19. The van der Waals surface area contributed by atoms with E-state index in [2.05, 4.69) is 32.7 Å². The van der Waals surface area contributed by atoms with Gasteiger partial charge in [-0.1, -0.05) is 36.4 Å². The van der Waals surface area contributed by atoms with E-state index in [-0.39, 0.29) is 11.8 Å². The molecule has 2 aromatic heterocycles. The van der Waals surface area contributed by atoms with E-state index in [4.69, 9.17) is 4.42 Å². The number of rotatable bonds is 4. The minimum atomic E-state index is -0.00739. The number of carbonyl (C=O) groups is 1. The number of nitrogens with zero attached hydrogens (tertiary/aromatic N) is 2. The van der Waals surface area contributed by atoms with Crippen molar-refractivity contribution in [3.05, 3.63) is 66.0 Å². The number of aromatic nitrogens is 1. The molecule has 0 unspecified atom stereocenters. The van der Waals surface area contributed by atoms with Crippen molar-refractivity contribution in [1.82, 2.24) is 4.98 Å². The van der Waals surface area contributed by atoms with Gasteiger partial charge in [-0.2, -0.15) is 4.98 Å². The lowest BCUT2D eigenvalue weighted by Gasteiger charge is -2.30. The molecule has 0 spiro atoms. The van der Waals surface area contributed by atoms with Gasteiger partial charge in [0.05, 0.1) is 0 Å². The van der Waals surface area contributed by atoms with Crippen LogP contribution >= 0.6 is 11.3 Å². The van der Waals surface area contributed by atoms with E-state index in [1.54, 1.807) is 11.3 Å². The van der Waals surface area contributed by atoms with Crippen molar-refractivity contribution < 1.29 is 9.21 Å². The lowest BCUT2D eigenvalue weighted by atomic mass is 9.96. The maximum atomic E-state index is 12.9. The smallest absolute Gasteiger partial charge is 0.298 e. The monoisotopic (exact) mass is 403 g/mol. The van der Waals surface area contributed by atoms with Gasteiger partial charge in [0.25, 0.3) is 6.01 Å². The number of fused-ring (bicyclic) bond motifs is 1. The van der Waals surface area contributed by atoms with Crippen LogP contribution in [0.4, 0.5) is 11.7 Å². The number of hydrogen-bond acceptors (Lipinski definition) is 5. The van der Waals surface area contributed by atoms with Crippen LogP contribution in [0.2, 0.25) is 0 Å². The van der Waals surface area contributed by atoms with Crippen LogP contribution in [0.3, 0.4) is 0 Å². The third-order valence-electron chi connectivity index (χ3n) is 5.39. The van der Waals surface area contributed by atoms with Crippen LogP contribution < -0.4 is 10.2 Å². The summed E-state index contributed by atoms with van der Waals surface area (Å²) in [5.74, 6) is 0.0817. The molecule has 146 valence electrons. The molecule has 1 saturated heterocycles. The summed E-state index contributed by atoms with van der Waals surface area (Å²) in [6, 6.07) is 20.5. The fourth-order valence-corrected chi connectivity index (χ4v) is 4.57. The van der Waals surface area contributed by atoms with Crippen LogP contribution in [-0.4, -0.2) is 24.0 Å². The summed E-state index contributed by atoms with van der Waals surface area (Å²) in [4.78, 5) is 20.8. The quantitative estimate of drug-likeness (QED) is 0.495. The van der Waals surface area contributed by atoms with Crippen molar-refractivity contribution in [3.8, 4) is 10.4 Å². The van der Waals surface area contributed by atoms with Gasteiger partial charge < -0.3 is 14.6 Å². The van der Waals surface area contributed by atoms with Gasteiger partial charge in [-0.3, -0.25) is 4.79 Å². The van der Waals surface area contributed by atoms with Gasteiger partial charge in [0, 0.05) is 35.1 Å². The van der Waals surface area contributed by atoms with Gasteiger partial charge >= 0.3 is 0 Å². The second kappa shape index (κ2) is 7.72. The van der Waals surface area contributed by atoms with Crippen molar-refractivity contribution in [2.75, 3.05) is 23.3 Å². The van der Waals surface area contributed by atoms with Gasteiger partial charge in [0.2, 0.25) is 5.91 Å². The van der Waals surface area contributed by atoms with E-state index in [1.165, 1.54) is 0 Å². The number of nitrogens with one attached hydrogen (secondary N) is 1. The molecular formula is C23H21N3O2S. The standard InChI is InChI=1S/C23H21N3O2S/c27-22(24-18-7-2-1-6-17(18)21-10-5-15-29-21)16-11-13-26(14-12-16)23-25-19-8-3-4-9-20(19)28-23/h1-10,15-16H,11-14H2,(H,24,27). The number of anilines is 2. The maximum absolute atomic E-state index is 12.9. The zero-order valence-corrected chi connectivity index (χ0v) is 16.7. The Bertz CT molecular complexity index is 1090. The molecular weight excluding hydrogens is 382 g/mol. The Labute approximate surface area is 173 Å². The number of amides is 1. The zero-order chi connectivity index (χ0) is 19.6. The Morgan fingerprint density at radius 2 is 1.83 bits per heavy atom. The highest BCUT2D eigenvalue weighted by Crippen LogP contribution is 2.32. The summed E-state index contributed by atoms with van der Waals surface area (Å²) < 4.78 is 5.87. The van der Waals surface area contributed by atoms with E-state index < -0.39 is 0 Å². The van der Waals surface area contributed by atoms with Crippen molar-refractivity contribution >= 4 is 40.0 Å². The van der Waals surface area contributed by atoms with E-state index in [0.717, 1.165) is 53.2 Å². The van der Waals surface area contributed by atoms with Crippen molar-refractivity contribution in [2.45, 2.75) is 12.8 Å². The summed E-state index contributed by atoms with van der Waals surface area (Å²) >= 11 is 1.68. The molecule has 29 heavy (non-hydrogen) atoms. The molecule has 1 aliphatic rings. The van der Waals surface area contributed by atoms with Crippen LogP contribution in [0.5, 0.6) is 0 Å². The van der Waals surface area contributed by atoms with Gasteiger partial charge in [-0.15, -0.1) is 11.3 Å².